The maximum absolute atomic E-state index is 11.4. The van der Waals surface area contributed by atoms with Crippen LogP contribution in [0.5, 0.6) is 0 Å². The fourth-order valence-corrected chi connectivity index (χ4v) is 7.81. The molecule has 6 unspecified atom stereocenters. The number of carbonyl (C=O) groups is 1. The molecule has 0 aromatic heterocycles. The number of allylic oxidation sites excluding steroid dienone is 1. The second-order valence-electron chi connectivity index (χ2n) is 10.1. The molecule has 0 aliphatic heterocycles. The second-order valence-corrected chi connectivity index (χ2v) is 10.1. The SMILES string of the molecule is C=C1CC23CCC1CC2C1(C)CCCC(C)(COC(C)=O)C1CC3. The highest BCUT2D eigenvalue weighted by molar-refractivity contribution is 5.65. The van der Waals surface area contributed by atoms with Crippen molar-refractivity contribution in [1.82, 2.24) is 0 Å². The summed E-state index contributed by atoms with van der Waals surface area (Å²) in [6.07, 6.45) is 12.1. The summed E-state index contributed by atoms with van der Waals surface area (Å²) in [5.41, 5.74) is 2.72. The normalized spacial score (nSPS) is 50.1. The molecular weight excluding hydrogens is 296 g/mol. The monoisotopic (exact) mass is 330 g/mol. The molecule has 1 spiro atoms. The molecule has 2 heteroatoms. The van der Waals surface area contributed by atoms with Crippen LogP contribution >= 0.6 is 0 Å². The van der Waals surface area contributed by atoms with Gasteiger partial charge in [0, 0.05) is 12.3 Å². The Morgan fingerprint density at radius 1 is 1.17 bits per heavy atom. The Bertz CT molecular complexity index is 566. The maximum Gasteiger partial charge on any atom is 0.302 e. The van der Waals surface area contributed by atoms with E-state index in [0.717, 1.165) is 11.8 Å². The Morgan fingerprint density at radius 2 is 1.92 bits per heavy atom. The predicted octanol–water partition coefficient (Wildman–Crippen LogP) is 5.52. The van der Waals surface area contributed by atoms with Crippen molar-refractivity contribution in [3.05, 3.63) is 12.2 Å². The van der Waals surface area contributed by atoms with Crippen LogP contribution in [0.4, 0.5) is 0 Å². The van der Waals surface area contributed by atoms with Crippen LogP contribution in [0.25, 0.3) is 0 Å². The summed E-state index contributed by atoms with van der Waals surface area (Å²) in [6.45, 7) is 11.6. The minimum atomic E-state index is -0.121. The van der Waals surface area contributed by atoms with Gasteiger partial charge >= 0.3 is 5.97 Å². The first-order valence-electron chi connectivity index (χ1n) is 10.1. The summed E-state index contributed by atoms with van der Waals surface area (Å²) in [7, 11) is 0. The van der Waals surface area contributed by atoms with Crippen molar-refractivity contribution in [3.8, 4) is 0 Å². The molecule has 0 aromatic carbocycles. The summed E-state index contributed by atoms with van der Waals surface area (Å²) < 4.78 is 5.54. The van der Waals surface area contributed by atoms with Gasteiger partial charge in [0.25, 0.3) is 0 Å². The third-order valence-corrected chi connectivity index (χ3v) is 8.84. The van der Waals surface area contributed by atoms with E-state index < -0.39 is 0 Å². The fourth-order valence-electron chi connectivity index (χ4n) is 7.81. The molecule has 0 saturated heterocycles. The Morgan fingerprint density at radius 3 is 2.62 bits per heavy atom. The quantitative estimate of drug-likeness (QED) is 0.492. The number of rotatable bonds is 2. The van der Waals surface area contributed by atoms with E-state index >= 15 is 0 Å². The van der Waals surface area contributed by atoms with Gasteiger partial charge < -0.3 is 4.74 Å². The van der Waals surface area contributed by atoms with E-state index in [-0.39, 0.29) is 11.4 Å². The number of fused-ring (bicyclic) bond motifs is 3. The number of carbonyl (C=O) groups excluding carboxylic acids is 1. The van der Waals surface area contributed by atoms with Crippen molar-refractivity contribution in [3.63, 3.8) is 0 Å². The van der Waals surface area contributed by atoms with Gasteiger partial charge in [0.1, 0.15) is 0 Å². The van der Waals surface area contributed by atoms with Crippen LogP contribution in [0.2, 0.25) is 0 Å². The number of hydrogen-bond donors (Lipinski definition) is 0. The molecule has 0 amide bonds. The third kappa shape index (κ3) is 2.24. The van der Waals surface area contributed by atoms with E-state index in [1.807, 2.05) is 0 Å². The molecular formula is C22H34O2. The molecule has 2 nitrogen and oxygen atoms in total. The first-order chi connectivity index (χ1) is 11.3. The van der Waals surface area contributed by atoms with Gasteiger partial charge in [-0.25, -0.2) is 0 Å². The Labute approximate surface area is 147 Å². The summed E-state index contributed by atoms with van der Waals surface area (Å²) in [6, 6.07) is 0. The molecule has 24 heavy (non-hydrogen) atoms. The van der Waals surface area contributed by atoms with Crippen LogP contribution in [0.1, 0.15) is 78.6 Å². The van der Waals surface area contributed by atoms with E-state index in [1.165, 1.54) is 57.8 Å². The number of esters is 1. The van der Waals surface area contributed by atoms with Crippen LogP contribution in [-0.2, 0) is 9.53 Å². The van der Waals surface area contributed by atoms with Gasteiger partial charge in [-0.15, -0.1) is 0 Å². The lowest BCUT2D eigenvalue weighted by Gasteiger charge is -2.68. The average Bonchev–Trinajstić information content (AvgIpc) is 2.52. The largest absolute Gasteiger partial charge is 0.465 e. The van der Waals surface area contributed by atoms with Crippen molar-refractivity contribution in [2.24, 2.45) is 34.0 Å². The van der Waals surface area contributed by atoms with E-state index in [4.69, 9.17) is 4.74 Å². The fraction of sp³-hybridized carbons (Fsp3) is 0.864. The lowest BCUT2D eigenvalue weighted by Crippen LogP contribution is -2.60. The maximum atomic E-state index is 11.4. The predicted molar refractivity (Wildman–Crippen MR) is 96.4 cm³/mol. The van der Waals surface area contributed by atoms with Gasteiger partial charge in [0.05, 0.1) is 6.61 Å². The second kappa shape index (κ2) is 5.35. The van der Waals surface area contributed by atoms with Gasteiger partial charge in [0.15, 0.2) is 0 Å². The molecule has 134 valence electrons. The lowest BCUT2D eigenvalue weighted by atomic mass is 9.37. The molecule has 5 aliphatic carbocycles. The van der Waals surface area contributed by atoms with Crippen molar-refractivity contribution in [1.29, 1.82) is 0 Å². The highest BCUT2D eigenvalue weighted by Gasteiger charge is 2.63. The molecule has 0 aromatic rings. The zero-order valence-corrected chi connectivity index (χ0v) is 15.8. The zero-order valence-electron chi connectivity index (χ0n) is 15.8. The number of hydrogen-bond acceptors (Lipinski definition) is 2. The minimum absolute atomic E-state index is 0.121. The molecule has 0 heterocycles. The molecule has 0 N–H and O–H groups in total. The van der Waals surface area contributed by atoms with E-state index in [9.17, 15) is 4.79 Å². The standard InChI is InChI=1S/C22H34O2/c1-15-13-22-10-6-17(15)12-19(22)21(4)9-5-8-20(3,14-24-16(2)23)18(21)7-11-22/h17-19H,1,5-14H2,2-4H3. The van der Waals surface area contributed by atoms with E-state index in [1.54, 1.807) is 12.5 Å². The summed E-state index contributed by atoms with van der Waals surface area (Å²) in [4.78, 5) is 11.4. The molecule has 5 fully saturated rings. The first kappa shape index (κ1) is 16.7. The van der Waals surface area contributed by atoms with Crippen molar-refractivity contribution in [2.75, 3.05) is 6.61 Å². The third-order valence-electron chi connectivity index (χ3n) is 8.84. The van der Waals surface area contributed by atoms with Gasteiger partial charge in [-0.3, -0.25) is 4.79 Å². The molecule has 5 rings (SSSR count). The molecule has 5 aliphatic rings. The van der Waals surface area contributed by atoms with Gasteiger partial charge in [-0.1, -0.05) is 32.4 Å². The average molecular weight is 331 g/mol. The van der Waals surface area contributed by atoms with Crippen molar-refractivity contribution >= 4 is 5.97 Å². The smallest absolute Gasteiger partial charge is 0.302 e. The van der Waals surface area contributed by atoms with Gasteiger partial charge in [-0.2, -0.15) is 0 Å². The molecule has 0 radical (unpaired) electrons. The van der Waals surface area contributed by atoms with Crippen LogP contribution in [-0.4, -0.2) is 12.6 Å². The topological polar surface area (TPSA) is 26.3 Å². The molecule has 2 bridgehead atoms. The summed E-state index contributed by atoms with van der Waals surface area (Å²) in [5.74, 6) is 2.24. The van der Waals surface area contributed by atoms with Crippen molar-refractivity contribution < 1.29 is 9.53 Å². The van der Waals surface area contributed by atoms with E-state index in [0.29, 0.717) is 23.4 Å². The van der Waals surface area contributed by atoms with Gasteiger partial charge in [0.2, 0.25) is 0 Å². The Hall–Kier alpha value is -0.790. The molecule has 5 saturated carbocycles. The van der Waals surface area contributed by atoms with Crippen LogP contribution in [0.3, 0.4) is 0 Å². The molecule has 6 atom stereocenters. The lowest BCUT2D eigenvalue weighted by molar-refractivity contribution is -0.185. The van der Waals surface area contributed by atoms with E-state index in [2.05, 4.69) is 20.4 Å². The van der Waals surface area contributed by atoms with Gasteiger partial charge in [-0.05, 0) is 80.0 Å². The van der Waals surface area contributed by atoms with Crippen LogP contribution in [0.15, 0.2) is 12.2 Å². The van der Waals surface area contributed by atoms with Crippen LogP contribution in [0, 0.1) is 34.0 Å². The number of ether oxygens (including phenoxy) is 1. The first-order valence-corrected chi connectivity index (χ1v) is 10.1. The summed E-state index contributed by atoms with van der Waals surface area (Å²) in [5, 5.41) is 0. The Balaban J connectivity index is 1.65. The zero-order chi connectivity index (χ0) is 17.2. The minimum Gasteiger partial charge on any atom is -0.465 e. The summed E-state index contributed by atoms with van der Waals surface area (Å²) >= 11 is 0. The highest BCUT2D eigenvalue weighted by Crippen LogP contribution is 2.72. The van der Waals surface area contributed by atoms with Crippen LogP contribution < -0.4 is 0 Å². The highest BCUT2D eigenvalue weighted by atomic mass is 16.5. The Kier molecular flexibility index (Phi) is 3.72. The van der Waals surface area contributed by atoms with Crippen molar-refractivity contribution in [2.45, 2.75) is 78.6 Å².